The molecule has 0 nitrogen and oxygen atoms in total. The summed E-state index contributed by atoms with van der Waals surface area (Å²) < 4.78 is 74.0. The molecule has 0 radical (unpaired) electrons. The Balaban J connectivity index is 1.97. The van der Waals surface area contributed by atoms with Gasteiger partial charge in [-0.2, -0.15) is 0 Å². The van der Waals surface area contributed by atoms with E-state index in [9.17, 15) is 17.6 Å². The highest BCUT2D eigenvalue weighted by Crippen LogP contribution is 2.35. The first kappa shape index (κ1) is 24.7. The summed E-state index contributed by atoms with van der Waals surface area (Å²) in [5.41, 5.74) is 0.316. The van der Waals surface area contributed by atoms with E-state index in [1.165, 1.54) is 24.3 Å². The molecule has 0 fully saturated rings. The normalized spacial score (nSPS) is 12.6. The zero-order valence-corrected chi connectivity index (χ0v) is 18.8. The van der Waals surface area contributed by atoms with Crippen molar-refractivity contribution in [3.8, 4) is 0 Å². The fraction of sp³-hybridized carbons (Fsp3) is 0.286. The van der Waals surface area contributed by atoms with E-state index < -0.39 is 40.1 Å². The predicted octanol–water partition coefficient (Wildman–Crippen LogP) is 9.26. The molecule has 0 N–H and O–H groups in total. The highest BCUT2D eigenvalue weighted by atomic mass is 19.2. The van der Waals surface area contributed by atoms with E-state index >= 15 is 4.39 Å². The summed E-state index contributed by atoms with van der Waals surface area (Å²) in [6.45, 7) is 3.92. The van der Waals surface area contributed by atoms with Gasteiger partial charge in [0, 0.05) is 11.1 Å². The van der Waals surface area contributed by atoms with Crippen LogP contribution in [0.15, 0.2) is 54.6 Å². The number of fused-ring (bicyclic) bond motifs is 1. The monoisotopic (exact) mass is 458 g/mol. The van der Waals surface area contributed by atoms with Gasteiger partial charge >= 0.3 is 0 Å². The van der Waals surface area contributed by atoms with Crippen LogP contribution in [0, 0.1) is 17.5 Å². The molecule has 0 spiro atoms. The Hall–Kier alpha value is -2.95. The summed E-state index contributed by atoms with van der Waals surface area (Å²) in [6, 6.07) is 9.97. The van der Waals surface area contributed by atoms with Gasteiger partial charge in [-0.3, -0.25) is 0 Å². The lowest BCUT2D eigenvalue weighted by Crippen LogP contribution is -2.00. The number of aryl methyl sites for hydroxylation is 2. The van der Waals surface area contributed by atoms with Crippen LogP contribution in [0.3, 0.4) is 0 Å². The van der Waals surface area contributed by atoms with Gasteiger partial charge in [0.15, 0.2) is 23.3 Å². The molecule has 0 heterocycles. The third kappa shape index (κ3) is 5.52. The van der Waals surface area contributed by atoms with Gasteiger partial charge < -0.3 is 0 Å². The highest BCUT2D eigenvalue weighted by Gasteiger charge is 2.22. The smallest absolute Gasteiger partial charge is 0.169 e. The Labute approximate surface area is 191 Å². The van der Waals surface area contributed by atoms with Crippen molar-refractivity contribution in [1.82, 2.24) is 0 Å². The number of rotatable bonds is 9. The minimum absolute atomic E-state index is 0.0442. The molecule has 3 aromatic rings. The molecule has 0 aliphatic heterocycles. The van der Waals surface area contributed by atoms with Crippen LogP contribution in [0.1, 0.15) is 61.8 Å². The average molecular weight is 459 g/mol. The number of halogens is 5. The van der Waals surface area contributed by atoms with E-state index in [0.29, 0.717) is 6.42 Å². The van der Waals surface area contributed by atoms with Crippen LogP contribution in [0.2, 0.25) is 0 Å². The maximum absolute atomic E-state index is 15.1. The number of hydrogen-bond acceptors (Lipinski definition) is 0. The first-order chi connectivity index (χ1) is 15.9. The van der Waals surface area contributed by atoms with E-state index in [2.05, 4.69) is 6.92 Å². The number of benzene rings is 3. The average Bonchev–Trinajstić information content (AvgIpc) is 2.82. The van der Waals surface area contributed by atoms with E-state index in [-0.39, 0.29) is 22.9 Å². The van der Waals surface area contributed by atoms with Gasteiger partial charge in [-0.1, -0.05) is 62.2 Å². The Morgan fingerprint density at radius 1 is 0.818 bits per heavy atom. The highest BCUT2D eigenvalue weighted by molar-refractivity contribution is 5.91. The molecule has 0 aromatic heterocycles. The van der Waals surface area contributed by atoms with Gasteiger partial charge in [0.05, 0.1) is 5.39 Å². The first-order valence-electron chi connectivity index (χ1n) is 11.2. The summed E-state index contributed by atoms with van der Waals surface area (Å²) in [6.07, 6.45) is 8.35. The zero-order valence-electron chi connectivity index (χ0n) is 18.8. The van der Waals surface area contributed by atoms with Gasteiger partial charge in [-0.05, 0) is 61.3 Å². The van der Waals surface area contributed by atoms with Gasteiger partial charge in [0.2, 0.25) is 0 Å². The maximum atomic E-state index is 15.1. The van der Waals surface area contributed by atoms with E-state index in [1.807, 2.05) is 13.0 Å². The summed E-state index contributed by atoms with van der Waals surface area (Å²) >= 11 is 0. The van der Waals surface area contributed by atoms with Crippen molar-refractivity contribution >= 4 is 22.4 Å². The minimum Gasteiger partial charge on any atom is -0.205 e. The molecule has 0 saturated carbocycles. The van der Waals surface area contributed by atoms with Crippen molar-refractivity contribution in [2.24, 2.45) is 0 Å². The van der Waals surface area contributed by atoms with Gasteiger partial charge in [-0.15, -0.1) is 0 Å². The summed E-state index contributed by atoms with van der Waals surface area (Å²) in [5, 5.41) is -0.593. The molecule has 0 unspecified atom stereocenters. The topological polar surface area (TPSA) is 0 Å². The van der Waals surface area contributed by atoms with Crippen molar-refractivity contribution in [2.45, 2.75) is 52.4 Å². The van der Waals surface area contributed by atoms with Gasteiger partial charge in [0.1, 0.15) is 5.82 Å². The van der Waals surface area contributed by atoms with Gasteiger partial charge in [0.25, 0.3) is 0 Å². The Morgan fingerprint density at radius 3 is 2.21 bits per heavy atom. The predicted molar refractivity (Wildman–Crippen MR) is 126 cm³/mol. The number of unbranched alkanes of at least 4 members (excludes halogenated alkanes) is 2. The van der Waals surface area contributed by atoms with Crippen LogP contribution in [-0.2, 0) is 12.8 Å². The zero-order chi connectivity index (χ0) is 24.0. The lowest BCUT2D eigenvalue weighted by Gasteiger charge is -2.11. The van der Waals surface area contributed by atoms with Crippen LogP contribution in [-0.4, -0.2) is 0 Å². The molecule has 0 bridgehead atoms. The molecule has 0 aliphatic rings. The van der Waals surface area contributed by atoms with Crippen LogP contribution >= 0.6 is 0 Å². The van der Waals surface area contributed by atoms with Crippen LogP contribution in [0.25, 0.3) is 22.4 Å². The molecule has 0 aliphatic carbocycles. The lowest BCUT2D eigenvalue weighted by atomic mass is 9.98. The quantitative estimate of drug-likeness (QED) is 0.130. The molecule has 3 aromatic carbocycles. The van der Waals surface area contributed by atoms with Crippen molar-refractivity contribution in [3.63, 3.8) is 0 Å². The van der Waals surface area contributed by atoms with Crippen LogP contribution < -0.4 is 0 Å². The third-order valence-electron chi connectivity index (χ3n) is 5.72. The lowest BCUT2D eigenvalue weighted by molar-refractivity contribution is 0.502. The van der Waals surface area contributed by atoms with Gasteiger partial charge in [-0.25, -0.2) is 22.0 Å². The molecule has 0 atom stereocenters. The van der Waals surface area contributed by atoms with Crippen molar-refractivity contribution < 1.29 is 22.0 Å². The fourth-order valence-electron chi connectivity index (χ4n) is 3.83. The summed E-state index contributed by atoms with van der Waals surface area (Å²) in [4.78, 5) is 0. The molecule has 3 rings (SSSR count). The second-order valence-electron chi connectivity index (χ2n) is 8.08. The molecule has 5 heteroatoms. The van der Waals surface area contributed by atoms with Crippen molar-refractivity contribution in [3.05, 3.63) is 94.3 Å². The van der Waals surface area contributed by atoms with E-state index in [0.717, 1.165) is 37.3 Å². The standard InChI is InChI=1S/C28H27F5/c1-3-5-7-9-18-11-13-19(14-12-18)24(29)27(32)22-16-15-20-17-21(10-8-6-4-2)25(30)28(33)23(20)26(22)31/h4,6,11-17H,3,5,7-10H2,1-2H3/b6-4+,27-24?. The largest absolute Gasteiger partial charge is 0.205 e. The Morgan fingerprint density at radius 2 is 1.55 bits per heavy atom. The Bertz CT molecular complexity index is 1170. The SMILES string of the molecule is C/C=C/CCc1cc2ccc(C(F)=C(F)c3ccc(CCCCC)cc3)c(F)c2c(F)c1F. The summed E-state index contributed by atoms with van der Waals surface area (Å²) in [7, 11) is 0. The second-order valence-corrected chi connectivity index (χ2v) is 8.08. The molecule has 33 heavy (non-hydrogen) atoms. The van der Waals surface area contributed by atoms with E-state index in [4.69, 9.17) is 0 Å². The van der Waals surface area contributed by atoms with Crippen LogP contribution in [0.5, 0.6) is 0 Å². The Kier molecular flexibility index (Phi) is 8.43. The fourth-order valence-corrected chi connectivity index (χ4v) is 3.83. The van der Waals surface area contributed by atoms with Crippen molar-refractivity contribution in [2.75, 3.05) is 0 Å². The molecular weight excluding hydrogens is 431 g/mol. The number of allylic oxidation sites excluding steroid dienone is 2. The third-order valence-corrected chi connectivity index (χ3v) is 5.72. The van der Waals surface area contributed by atoms with Crippen LogP contribution in [0.4, 0.5) is 22.0 Å². The molecule has 0 saturated heterocycles. The second kappa shape index (κ2) is 11.3. The molecular formula is C28H27F5. The van der Waals surface area contributed by atoms with E-state index in [1.54, 1.807) is 18.2 Å². The molecule has 174 valence electrons. The minimum atomic E-state index is -1.45. The maximum Gasteiger partial charge on any atom is 0.169 e. The van der Waals surface area contributed by atoms with Crippen molar-refractivity contribution in [1.29, 1.82) is 0 Å². The number of hydrogen-bond donors (Lipinski definition) is 0. The molecule has 0 amide bonds. The first-order valence-corrected chi connectivity index (χ1v) is 11.2. The summed E-state index contributed by atoms with van der Waals surface area (Å²) in [5.74, 6) is -6.60.